The molecule has 1 amide bonds. The first-order chi connectivity index (χ1) is 14.6. The van der Waals surface area contributed by atoms with Crippen molar-refractivity contribution in [3.05, 3.63) is 74.9 Å². The molecule has 2 aliphatic rings. The molecular weight excluding hydrogens is 439 g/mol. The summed E-state index contributed by atoms with van der Waals surface area (Å²) in [6, 6.07) is 12.6. The van der Waals surface area contributed by atoms with Gasteiger partial charge in [0.25, 0.3) is 11.5 Å². The number of piperidine rings is 1. The summed E-state index contributed by atoms with van der Waals surface area (Å²) in [4.78, 5) is 25.6. The number of carbonyl (C=O) groups is 1. The lowest BCUT2D eigenvalue weighted by atomic mass is 9.84. The highest BCUT2D eigenvalue weighted by molar-refractivity contribution is 6.33. The summed E-state index contributed by atoms with van der Waals surface area (Å²) in [5.74, 6) is 0.834. The van der Waals surface area contributed by atoms with Crippen molar-refractivity contribution < 1.29 is 9.32 Å². The Morgan fingerprint density at radius 2 is 2.10 bits per heavy atom. The van der Waals surface area contributed by atoms with Crippen LogP contribution in [0.5, 0.6) is 0 Å². The van der Waals surface area contributed by atoms with Gasteiger partial charge in [-0.2, -0.15) is 0 Å². The molecule has 1 saturated heterocycles. The van der Waals surface area contributed by atoms with Crippen LogP contribution in [0.1, 0.15) is 34.2 Å². The number of hydrogen-bond acceptors (Lipinski definition) is 5. The van der Waals surface area contributed by atoms with E-state index in [1.54, 1.807) is 22.8 Å². The number of fused-ring (bicyclic) bond motifs is 4. The summed E-state index contributed by atoms with van der Waals surface area (Å²) in [5, 5.41) is 10.8. The van der Waals surface area contributed by atoms with Gasteiger partial charge in [-0.3, -0.25) is 9.59 Å². The quantitative estimate of drug-likeness (QED) is 0.623. The first-order valence-corrected chi connectivity index (χ1v) is 10.4. The molecule has 1 aromatic carbocycles. The fraction of sp³-hybridized carbons (Fsp3) is 0.318. The minimum absolute atomic E-state index is 0. The molecule has 31 heavy (non-hydrogen) atoms. The van der Waals surface area contributed by atoms with Gasteiger partial charge in [0.15, 0.2) is 5.76 Å². The number of rotatable bonds is 4. The minimum atomic E-state index is -0.417. The smallest absolute Gasteiger partial charge is 0.263 e. The van der Waals surface area contributed by atoms with E-state index in [9.17, 15) is 9.59 Å². The second-order valence-electron chi connectivity index (χ2n) is 7.89. The van der Waals surface area contributed by atoms with Crippen molar-refractivity contribution in [3.63, 3.8) is 0 Å². The Morgan fingerprint density at radius 3 is 2.94 bits per heavy atom. The Hall–Kier alpha value is -2.61. The number of benzene rings is 1. The number of pyridine rings is 1. The Kier molecular flexibility index (Phi) is 6.18. The van der Waals surface area contributed by atoms with Gasteiger partial charge in [-0.15, -0.1) is 12.4 Å². The molecule has 3 aromatic rings. The molecule has 5 rings (SSSR count). The average molecular weight is 461 g/mol. The molecule has 2 aromatic heterocycles. The zero-order chi connectivity index (χ0) is 20.7. The molecule has 4 heterocycles. The maximum absolute atomic E-state index is 13.0. The topological polar surface area (TPSA) is 89.2 Å². The van der Waals surface area contributed by atoms with Gasteiger partial charge in [-0.1, -0.05) is 35.0 Å². The fourth-order valence-electron chi connectivity index (χ4n) is 4.42. The lowest BCUT2D eigenvalue weighted by Gasteiger charge is -2.37. The molecule has 0 spiro atoms. The van der Waals surface area contributed by atoms with Crippen LogP contribution in [-0.4, -0.2) is 28.7 Å². The Balaban J connectivity index is 0.00000231. The van der Waals surface area contributed by atoms with Crippen LogP contribution in [0.4, 0.5) is 0 Å². The van der Waals surface area contributed by atoms with E-state index in [4.69, 9.17) is 16.1 Å². The minimum Gasteiger partial charge on any atom is -0.359 e. The zero-order valence-electron chi connectivity index (χ0n) is 16.6. The van der Waals surface area contributed by atoms with Gasteiger partial charge in [0, 0.05) is 36.3 Å². The van der Waals surface area contributed by atoms with Crippen molar-refractivity contribution in [2.75, 3.05) is 13.1 Å². The molecule has 0 radical (unpaired) electrons. The summed E-state index contributed by atoms with van der Waals surface area (Å²) in [7, 11) is 0. The lowest BCUT2D eigenvalue weighted by Crippen LogP contribution is -2.46. The second-order valence-corrected chi connectivity index (χ2v) is 8.29. The first-order valence-electron chi connectivity index (χ1n) is 10.0. The van der Waals surface area contributed by atoms with E-state index < -0.39 is 5.91 Å². The Morgan fingerprint density at radius 1 is 1.26 bits per heavy atom. The molecular formula is C22H22Cl2N4O3. The summed E-state index contributed by atoms with van der Waals surface area (Å²) in [5.41, 5.74) is 2.29. The average Bonchev–Trinajstić information content (AvgIpc) is 3.22. The number of halogens is 2. The molecule has 7 nitrogen and oxygen atoms in total. The van der Waals surface area contributed by atoms with E-state index in [1.165, 1.54) is 0 Å². The first kappa shape index (κ1) is 21.6. The largest absolute Gasteiger partial charge is 0.359 e. The SMILES string of the molecule is Cl.O=C(NCc1cc(-c2ccccc2Cl)no1)c1ccc2n(c1=O)C[C@@H]1CNC[C@H]2C1. The lowest BCUT2D eigenvalue weighted by molar-refractivity contribution is 0.0944. The molecule has 0 unspecified atom stereocenters. The van der Waals surface area contributed by atoms with Gasteiger partial charge >= 0.3 is 0 Å². The molecule has 9 heteroatoms. The third-order valence-corrected chi connectivity index (χ3v) is 6.21. The van der Waals surface area contributed by atoms with Crippen molar-refractivity contribution in [2.24, 2.45) is 5.92 Å². The predicted octanol–water partition coefficient (Wildman–Crippen LogP) is 3.22. The van der Waals surface area contributed by atoms with E-state index in [2.05, 4.69) is 15.8 Å². The maximum Gasteiger partial charge on any atom is 0.263 e. The van der Waals surface area contributed by atoms with Gasteiger partial charge in [-0.25, -0.2) is 0 Å². The number of hydrogen-bond donors (Lipinski definition) is 2. The van der Waals surface area contributed by atoms with E-state index in [0.717, 1.165) is 30.8 Å². The van der Waals surface area contributed by atoms with Crippen LogP contribution in [-0.2, 0) is 13.1 Å². The fourth-order valence-corrected chi connectivity index (χ4v) is 4.65. The van der Waals surface area contributed by atoms with Crippen molar-refractivity contribution >= 4 is 29.9 Å². The summed E-state index contributed by atoms with van der Waals surface area (Å²) in [6.45, 7) is 2.58. The highest BCUT2D eigenvalue weighted by atomic mass is 35.5. The van der Waals surface area contributed by atoms with Crippen LogP contribution in [0, 0.1) is 5.92 Å². The maximum atomic E-state index is 13.0. The number of aromatic nitrogens is 2. The number of nitrogens with zero attached hydrogens (tertiary/aromatic N) is 2. The second kappa shape index (κ2) is 8.86. The van der Waals surface area contributed by atoms with Crippen molar-refractivity contribution in [2.45, 2.75) is 25.4 Å². The monoisotopic (exact) mass is 460 g/mol. The number of nitrogens with one attached hydrogen (secondary N) is 2. The molecule has 2 aliphatic heterocycles. The zero-order valence-corrected chi connectivity index (χ0v) is 18.2. The van der Waals surface area contributed by atoms with E-state index in [0.29, 0.717) is 34.9 Å². The van der Waals surface area contributed by atoms with Gasteiger partial charge < -0.3 is 19.7 Å². The standard InChI is InChI=1S/C22H21ClN4O3.ClH/c23-18-4-2-1-3-16(18)19-8-15(30-26-19)11-25-21(28)17-5-6-20-14-7-13(9-24-10-14)12-27(20)22(17)29;/h1-6,8,13-14,24H,7,9-12H2,(H,25,28);1H/t13-,14+;/m0./s1. The van der Waals surface area contributed by atoms with Crippen LogP contribution < -0.4 is 16.2 Å². The number of carbonyl (C=O) groups excluding carboxylic acids is 1. The molecule has 2 bridgehead atoms. The molecule has 2 atom stereocenters. The molecule has 0 aliphatic carbocycles. The number of amides is 1. The highest BCUT2D eigenvalue weighted by Gasteiger charge is 2.31. The van der Waals surface area contributed by atoms with Crippen LogP contribution in [0.3, 0.4) is 0 Å². The van der Waals surface area contributed by atoms with Gasteiger partial charge in [0.2, 0.25) is 0 Å². The molecule has 2 N–H and O–H groups in total. The third-order valence-electron chi connectivity index (χ3n) is 5.89. The highest BCUT2D eigenvalue weighted by Crippen LogP contribution is 2.31. The van der Waals surface area contributed by atoms with Crippen LogP contribution in [0.15, 0.2) is 51.8 Å². The van der Waals surface area contributed by atoms with E-state index in [-0.39, 0.29) is 30.1 Å². The van der Waals surface area contributed by atoms with Gasteiger partial charge in [-0.05, 0) is 37.1 Å². The van der Waals surface area contributed by atoms with E-state index >= 15 is 0 Å². The normalized spacial score (nSPS) is 19.3. The van der Waals surface area contributed by atoms with Crippen molar-refractivity contribution in [1.29, 1.82) is 0 Å². The summed E-state index contributed by atoms with van der Waals surface area (Å²) >= 11 is 6.19. The third kappa shape index (κ3) is 4.13. The molecule has 1 fully saturated rings. The Labute approximate surface area is 190 Å². The van der Waals surface area contributed by atoms with Gasteiger partial charge in [0.05, 0.1) is 11.6 Å². The molecule has 162 valence electrons. The van der Waals surface area contributed by atoms with Crippen LogP contribution in [0.2, 0.25) is 5.02 Å². The van der Waals surface area contributed by atoms with Crippen LogP contribution >= 0.6 is 24.0 Å². The summed E-state index contributed by atoms with van der Waals surface area (Å²) in [6.07, 6.45) is 1.09. The van der Waals surface area contributed by atoms with E-state index in [1.807, 2.05) is 24.3 Å². The molecule has 0 saturated carbocycles. The van der Waals surface area contributed by atoms with Crippen molar-refractivity contribution in [1.82, 2.24) is 20.4 Å². The van der Waals surface area contributed by atoms with Crippen LogP contribution in [0.25, 0.3) is 11.3 Å². The van der Waals surface area contributed by atoms with Gasteiger partial charge in [0.1, 0.15) is 11.3 Å². The Bertz CT molecular complexity index is 1170. The predicted molar refractivity (Wildman–Crippen MR) is 120 cm³/mol. The van der Waals surface area contributed by atoms with Crippen molar-refractivity contribution in [3.8, 4) is 11.3 Å². The summed E-state index contributed by atoms with van der Waals surface area (Å²) < 4.78 is 7.09.